The molecule has 1 heterocycles. The molecule has 78 valence electrons. The average molecular weight is 204 g/mol. The van der Waals surface area contributed by atoms with Gasteiger partial charge in [0.05, 0.1) is 12.2 Å². The number of aromatic hydroxyl groups is 2. The van der Waals surface area contributed by atoms with Crippen LogP contribution in [-0.4, -0.2) is 16.8 Å². The van der Waals surface area contributed by atoms with Crippen molar-refractivity contribution in [2.45, 2.75) is 19.3 Å². The summed E-state index contributed by atoms with van der Waals surface area (Å²) in [5.74, 6) is 0.778. The molecule has 0 amide bonds. The van der Waals surface area contributed by atoms with Crippen molar-refractivity contribution in [3.05, 3.63) is 23.3 Å². The predicted molar refractivity (Wildman–Crippen MR) is 56.0 cm³/mol. The fourth-order valence-electron chi connectivity index (χ4n) is 2.11. The van der Waals surface area contributed by atoms with Crippen LogP contribution < -0.4 is 4.74 Å². The zero-order chi connectivity index (χ0) is 10.4. The van der Waals surface area contributed by atoms with E-state index >= 15 is 0 Å². The Morgan fingerprint density at radius 1 is 1.07 bits per heavy atom. The first-order valence-corrected chi connectivity index (χ1v) is 5.16. The van der Waals surface area contributed by atoms with Crippen LogP contribution in [0.5, 0.6) is 17.2 Å². The van der Waals surface area contributed by atoms with Crippen LogP contribution in [0.4, 0.5) is 0 Å². The van der Waals surface area contributed by atoms with Gasteiger partial charge in [0, 0.05) is 18.6 Å². The Hall–Kier alpha value is -1.64. The largest absolute Gasteiger partial charge is 0.508 e. The van der Waals surface area contributed by atoms with Crippen LogP contribution >= 0.6 is 0 Å². The predicted octanol–water partition coefficient (Wildman–Crippen LogP) is 2.43. The summed E-state index contributed by atoms with van der Waals surface area (Å²) in [6, 6.07) is 2.94. The van der Waals surface area contributed by atoms with E-state index in [0.717, 1.165) is 24.8 Å². The van der Waals surface area contributed by atoms with E-state index in [2.05, 4.69) is 0 Å². The first-order valence-electron chi connectivity index (χ1n) is 5.16. The molecule has 1 aliphatic carbocycles. The quantitative estimate of drug-likeness (QED) is 0.682. The van der Waals surface area contributed by atoms with E-state index < -0.39 is 0 Å². The highest BCUT2D eigenvalue weighted by Gasteiger charge is 2.26. The van der Waals surface area contributed by atoms with Gasteiger partial charge >= 0.3 is 0 Å². The molecular formula is C12H12O3. The molecule has 15 heavy (non-hydrogen) atoms. The van der Waals surface area contributed by atoms with Crippen LogP contribution in [0.15, 0.2) is 17.7 Å². The Morgan fingerprint density at radius 3 is 2.60 bits per heavy atom. The number of fused-ring (bicyclic) bond motifs is 1. The maximum Gasteiger partial charge on any atom is 0.134 e. The molecule has 0 unspecified atom stereocenters. The summed E-state index contributed by atoms with van der Waals surface area (Å²) in [5, 5.41) is 19.2. The van der Waals surface area contributed by atoms with Gasteiger partial charge in [-0.25, -0.2) is 0 Å². The Labute approximate surface area is 87.6 Å². The number of allylic oxidation sites excluding steroid dienone is 1. The van der Waals surface area contributed by atoms with Crippen molar-refractivity contribution >= 4 is 5.57 Å². The highest BCUT2D eigenvalue weighted by molar-refractivity contribution is 5.81. The second-order valence-electron chi connectivity index (χ2n) is 4.02. The van der Waals surface area contributed by atoms with Crippen LogP contribution in [0.1, 0.15) is 24.8 Å². The normalized spacial score (nSPS) is 18.4. The summed E-state index contributed by atoms with van der Waals surface area (Å²) >= 11 is 0. The number of hydrogen-bond donors (Lipinski definition) is 2. The second kappa shape index (κ2) is 2.92. The Kier molecular flexibility index (Phi) is 1.69. The van der Waals surface area contributed by atoms with Crippen molar-refractivity contribution in [2.75, 3.05) is 6.61 Å². The van der Waals surface area contributed by atoms with Crippen LogP contribution in [0.2, 0.25) is 0 Å². The molecule has 1 aromatic carbocycles. The first-order chi connectivity index (χ1) is 7.25. The molecule has 1 aliphatic heterocycles. The SMILES string of the molecule is Oc1cc(O)c2c(c1)OCCC2=C1CC1. The van der Waals surface area contributed by atoms with Gasteiger partial charge in [0.2, 0.25) is 0 Å². The molecule has 2 N–H and O–H groups in total. The number of phenolic OH excluding ortho intramolecular Hbond substituents is 2. The van der Waals surface area contributed by atoms with E-state index in [0.29, 0.717) is 12.4 Å². The topological polar surface area (TPSA) is 49.7 Å². The van der Waals surface area contributed by atoms with Crippen molar-refractivity contribution < 1.29 is 14.9 Å². The molecule has 0 atom stereocenters. The smallest absolute Gasteiger partial charge is 0.134 e. The molecule has 0 bridgehead atoms. The van der Waals surface area contributed by atoms with Gasteiger partial charge < -0.3 is 14.9 Å². The lowest BCUT2D eigenvalue weighted by molar-refractivity contribution is 0.310. The molecule has 0 radical (unpaired) electrons. The van der Waals surface area contributed by atoms with E-state index in [1.165, 1.54) is 17.2 Å². The molecule has 2 aliphatic rings. The number of ether oxygens (including phenoxy) is 1. The third-order valence-electron chi connectivity index (χ3n) is 2.90. The third kappa shape index (κ3) is 1.35. The molecule has 1 aromatic rings. The summed E-state index contributed by atoms with van der Waals surface area (Å²) in [5.41, 5.74) is 3.42. The van der Waals surface area contributed by atoms with Crippen LogP contribution in [0, 0.1) is 0 Å². The highest BCUT2D eigenvalue weighted by atomic mass is 16.5. The number of rotatable bonds is 0. The molecule has 3 nitrogen and oxygen atoms in total. The summed E-state index contributed by atoms with van der Waals surface area (Å²) in [6.45, 7) is 0.634. The van der Waals surface area contributed by atoms with Crippen molar-refractivity contribution in [3.8, 4) is 17.2 Å². The number of benzene rings is 1. The zero-order valence-electron chi connectivity index (χ0n) is 8.29. The Balaban J connectivity index is 2.22. The van der Waals surface area contributed by atoms with Crippen LogP contribution in [0.25, 0.3) is 5.57 Å². The van der Waals surface area contributed by atoms with E-state index in [-0.39, 0.29) is 11.5 Å². The van der Waals surface area contributed by atoms with Gasteiger partial charge in [-0.2, -0.15) is 0 Å². The van der Waals surface area contributed by atoms with Crippen LogP contribution in [-0.2, 0) is 0 Å². The molecule has 3 heteroatoms. The fraction of sp³-hybridized carbons (Fsp3) is 0.333. The van der Waals surface area contributed by atoms with Crippen LogP contribution in [0.3, 0.4) is 0 Å². The van der Waals surface area contributed by atoms with Crippen molar-refractivity contribution in [2.24, 2.45) is 0 Å². The Morgan fingerprint density at radius 2 is 1.87 bits per heavy atom. The van der Waals surface area contributed by atoms with E-state index in [9.17, 15) is 10.2 Å². The van der Waals surface area contributed by atoms with Gasteiger partial charge in [-0.05, 0) is 18.4 Å². The molecular weight excluding hydrogens is 192 g/mol. The fourth-order valence-corrected chi connectivity index (χ4v) is 2.11. The van der Waals surface area contributed by atoms with Gasteiger partial charge in [0.25, 0.3) is 0 Å². The van der Waals surface area contributed by atoms with E-state index in [1.807, 2.05) is 0 Å². The zero-order valence-corrected chi connectivity index (χ0v) is 8.29. The molecule has 0 spiro atoms. The van der Waals surface area contributed by atoms with Crippen molar-refractivity contribution in [1.29, 1.82) is 0 Å². The minimum Gasteiger partial charge on any atom is -0.508 e. The number of phenols is 2. The molecule has 1 fully saturated rings. The lowest BCUT2D eigenvalue weighted by Gasteiger charge is -2.21. The summed E-state index contributed by atoms with van der Waals surface area (Å²) < 4.78 is 5.44. The molecule has 0 saturated heterocycles. The minimum atomic E-state index is 0.0493. The first kappa shape index (κ1) is 8.65. The lowest BCUT2D eigenvalue weighted by Crippen LogP contribution is -2.07. The minimum absolute atomic E-state index is 0.0493. The van der Waals surface area contributed by atoms with Crippen molar-refractivity contribution in [1.82, 2.24) is 0 Å². The Bertz CT molecular complexity index is 454. The summed E-state index contributed by atoms with van der Waals surface area (Å²) in [7, 11) is 0. The summed E-state index contributed by atoms with van der Waals surface area (Å²) in [4.78, 5) is 0. The molecule has 3 rings (SSSR count). The standard InChI is InChI=1S/C12H12O3/c13-8-5-10(14)12-9(7-1-2-7)3-4-15-11(12)6-8/h5-6,13-14H,1-4H2. The van der Waals surface area contributed by atoms with Gasteiger partial charge in [-0.3, -0.25) is 0 Å². The van der Waals surface area contributed by atoms with E-state index in [1.54, 1.807) is 6.07 Å². The molecule has 1 saturated carbocycles. The maximum absolute atomic E-state index is 9.81. The van der Waals surface area contributed by atoms with Gasteiger partial charge in [-0.1, -0.05) is 5.57 Å². The highest BCUT2D eigenvalue weighted by Crippen LogP contribution is 2.47. The van der Waals surface area contributed by atoms with Gasteiger partial charge in [-0.15, -0.1) is 0 Å². The average Bonchev–Trinajstić information content (AvgIpc) is 2.99. The monoisotopic (exact) mass is 204 g/mol. The van der Waals surface area contributed by atoms with Crippen molar-refractivity contribution in [3.63, 3.8) is 0 Å². The maximum atomic E-state index is 9.81. The lowest BCUT2D eigenvalue weighted by atomic mass is 9.97. The van der Waals surface area contributed by atoms with E-state index in [4.69, 9.17) is 4.74 Å². The summed E-state index contributed by atoms with van der Waals surface area (Å²) in [6.07, 6.45) is 3.13. The number of hydrogen-bond acceptors (Lipinski definition) is 3. The van der Waals surface area contributed by atoms with Gasteiger partial charge in [0.1, 0.15) is 17.2 Å². The third-order valence-corrected chi connectivity index (χ3v) is 2.90. The second-order valence-corrected chi connectivity index (χ2v) is 4.02. The molecule has 0 aromatic heterocycles. The van der Waals surface area contributed by atoms with Gasteiger partial charge in [0.15, 0.2) is 0 Å².